The number of fused-ring (bicyclic) bond motifs is 1. The zero-order valence-electron chi connectivity index (χ0n) is 7.30. The maximum atomic E-state index is 5.03. The van der Waals surface area contributed by atoms with Crippen molar-refractivity contribution >= 4 is 24.4 Å². The Labute approximate surface area is 83.4 Å². The molecule has 3 nitrogen and oxygen atoms in total. The lowest BCUT2D eigenvalue weighted by atomic mass is 10.1. The van der Waals surface area contributed by atoms with Gasteiger partial charge in [0, 0.05) is 0 Å². The number of hydrogen-bond acceptors (Lipinski definition) is 3. The molecule has 0 N–H and O–H groups in total. The molecular formula is C9H11ClN2O. The quantitative estimate of drug-likeness (QED) is 0.691. The lowest BCUT2D eigenvalue weighted by molar-refractivity contribution is -0.0678. The molecule has 0 saturated heterocycles. The van der Waals surface area contributed by atoms with E-state index in [0.29, 0.717) is 0 Å². The molecule has 1 heterocycles. The van der Waals surface area contributed by atoms with Crippen molar-refractivity contribution in [3.05, 3.63) is 29.8 Å². The van der Waals surface area contributed by atoms with E-state index in [2.05, 4.69) is 11.1 Å². The van der Waals surface area contributed by atoms with Gasteiger partial charge in [0.25, 0.3) is 0 Å². The van der Waals surface area contributed by atoms with Crippen LogP contribution in [0.4, 0.5) is 5.69 Å². The molecule has 0 bridgehead atoms. The van der Waals surface area contributed by atoms with Crippen molar-refractivity contribution < 1.29 is 4.84 Å². The predicted molar refractivity (Wildman–Crippen MR) is 54.4 cm³/mol. The Bertz CT molecular complexity index is 314. The number of hydroxylamine groups is 2. The Morgan fingerprint density at radius 1 is 1.38 bits per heavy atom. The Kier molecular flexibility index (Phi) is 3.28. The fourth-order valence-electron chi connectivity index (χ4n) is 1.22. The van der Waals surface area contributed by atoms with Crippen LogP contribution in [0.3, 0.4) is 0 Å². The van der Waals surface area contributed by atoms with E-state index < -0.39 is 0 Å². The molecule has 0 radical (unpaired) electrons. The molecule has 13 heavy (non-hydrogen) atoms. The summed E-state index contributed by atoms with van der Waals surface area (Å²) < 4.78 is 0. The fraction of sp³-hybridized carbons (Fsp3) is 0.222. The number of aliphatic imine (C=N–C) groups is 1. The first kappa shape index (κ1) is 10.0. The number of benzene rings is 1. The van der Waals surface area contributed by atoms with Crippen LogP contribution in [0.1, 0.15) is 5.56 Å². The van der Waals surface area contributed by atoms with Crippen LogP contribution >= 0.6 is 12.4 Å². The summed E-state index contributed by atoms with van der Waals surface area (Å²) in [6, 6.07) is 8.04. The first-order valence-electron chi connectivity index (χ1n) is 3.83. The summed E-state index contributed by atoms with van der Waals surface area (Å²) in [5.74, 6) is 0. The summed E-state index contributed by atoms with van der Waals surface area (Å²) in [6.07, 6.45) is 1.70. The Balaban J connectivity index is 0.000000845. The standard InChI is InChI=1S/C9H10N2O.ClH/c1-12-11-6-8-4-2-3-5-9(8)10-7-11;/h2-5,7H,6H2,1H3;1H. The molecule has 0 amide bonds. The molecule has 0 unspecified atom stereocenters. The molecule has 0 aliphatic carbocycles. The van der Waals surface area contributed by atoms with E-state index in [1.807, 2.05) is 18.2 Å². The van der Waals surface area contributed by atoms with Gasteiger partial charge in [0.2, 0.25) is 0 Å². The zero-order chi connectivity index (χ0) is 8.39. The summed E-state index contributed by atoms with van der Waals surface area (Å²) in [4.78, 5) is 9.25. The average molecular weight is 199 g/mol. The van der Waals surface area contributed by atoms with Crippen molar-refractivity contribution in [2.75, 3.05) is 7.11 Å². The van der Waals surface area contributed by atoms with Gasteiger partial charge in [0.1, 0.15) is 6.34 Å². The van der Waals surface area contributed by atoms with Crippen LogP contribution in [-0.4, -0.2) is 18.5 Å². The minimum atomic E-state index is 0. The fourth-order valence-corrected chi connectivity index (χ4v) is 1.22. The average Bonchev–Trinajstić information content (AvgIpc) is 2.17. The van der Waals surface area contributed by atoms with Gasteiger partial charge in [-0.2, -0.15) is 0 Å². The first-order valence-corrected chi connectivity index (χ1v) is 3.83. The van der Waals surface area contributed by atoms with Crippen LogP contribution in [0, 0.1) is 0 Å². The summed E-state index contributed by atoms with van der Waals surface area (Å²) in [5, 5.41) is 1.70. The van der Waals surface area contributed by atoms with Crippen molar-refractivity contribution in [1.82, 2.24) is 5.06 Å². The molecule has 70 valence electrons. The van der Waals surface area contributed by atoms with E-state index in [4.69, 9.17) is 4.84 Å². The van der Waals surface area contributed by atoms with E-state index >= 15 is 0 Å². The number of hydrogen-bond donors (Lipinski definition) is 0. The lowest BCUT2D eigenvalue weighted by Crippen LogP contribution is -2.22. The molecule has 0 aromatic heterocycles. The van der Waals surface area contributed by atoms with Crippen molar-refractivity contribution in [3.8, 4) is 0 Å². The molecule has 0 atom stereocenters. The Morgan fingerprint density at radius 3 is 2.92 bits per heavy atom. The SMILES string of the molecule is CON1C=Nc2ccccc2C1.Cl. The highest BCUT2D eigenvalue weighted by Crippen LogP contribution is 2.22. The van der Waals surface area contributed by atoms with Gasteiger partial charge in [-0.05, 0) is 11.6 Å². The molecule has 1 aliphatic rings. The summed E-state index contributed by atoms with van der Waals surface area (Å²) >= 11 is 0. The third-order valence-electron chi connectivity index (χ3n) is 1.88. The van der Waals surface area contributed by atoms with Gasteiger partial charge in [-0.3, -0.25) is 4.84 Å². The van der Waals surface area contributed by atoms with Gasteiger partial charge < -0.3 is 0 Å². The van der Waals surface area contributed by atoms with E-state index in [1.54, 1.807) is 18.5 Å². The van der Waals surface area contributed by atoms with Crippen LogP contribution in [0.15, 0.2) is 29.3 Å². The molecule has 0 saturated carbocycles. The van der Waals surface area contributed by atoms with Crippen LogP contribution in [-0.2, 0) is 11.4 Å². The third kappa shape index (κ3) is 1.99. The van der Waals surface area contributed by atoms with Crippen molar-refractivity contribution in [3.63, 3.8) is 0 Å². The van der Waals surface area contributed by atoms with Gasteiger partial charge >= 0.3 is 0 Å². The summed E-state index contributed by atoms with van der Waals surface area (Å²) in [6.45, 7) is 0.774. The van der Waals surface area contributed by atoms with Gasteiger partial charge in [-0.15, -0.1) is 12.4 Å². The highest BCUT2D eigenvalue weighted by molar-refractivity contribution is 5.85. The highest BCUT2D eigenvalue weighted by atomic mass is 35.5. The summed E-state index contributed by atoms with van der Waals surface area (Å²) in [5.41, 5.74) is 2.23. The largest absolute Gasteiger partial charge is 0.276 e. The smallest absolute Gasteiger partial charge is 0.117 e. The van der Waals surface area contributed by atoms with Gasteiger partial charge in [-0.25, -0.2) is 10.1 Å². The molecule has 0 spiro atoms. The van der Waals surface area contributed by atoms with Crippen molar-refractivity contribution in [2.45, 2.75) is 6.54 Å². The molecule has 1 aliphatic heterocycles. The monoisotopic (exact) mass is 198 g/mol. The topological polar surface area (TPSA) is 24.8 Å². The van der Waals surface area contributed by atoms with E-state index in [1.165, 1.54) is 5.56 Å². The molecule has 0 fully saturated rings. The van der Waals surface area contributed by atoms with Crippen LogP contribution < -0.4 is 0 Å². The Morgan fingerprint density at radius 2 is 2.15 bits per heavy atom. The maximum absolute atomic E-state index is 5.03. The minimum Gasteiger partial charge on any atom is -0.276 e. The normalized spacial score (nSPS) is 13.5. The molecular weight excluding hydrogens is 188 g/mol. The van der Waals surface area contributed by atoms with Gasteiger partial charge in [0.15, 0.2) is 0 Å². The minimum absolute atomic E-state index is 0. The van der Waals surface area contributed by atoms with Gasteiger partial charge in [-0.1, -0.05) is 18.2 Å². The molecule has 4 heteroatoms. The summed E-state index contributed by atoms with van der Waals surface area (Å²) in [7, 11) is 1.64. The molecule has 1 aromatic carbocycles. The highest BCUT2D eigenvalue weighted by Gasteiger charge is 2.09. The van der Waals surface area contributed by atoms with Crippen LogP contribution in [0.2, 0.25) is 0 Å². The number of nitrogens with zero attached hydrogens (tertiary/aromatic N) is 2. The second-order valence-corrected chi connectivity index (χ2v) is 2.63. The maximum Gasteiger partial charge on any atom is 0.117 e. The second-order valence-electron chi connectivity index (χ2n) is 2.63. The predicted octanol–water partition coefficient (Wildman–Crippen LogP) is 2.15. The third-order valence-corrected chi connectivity index (χ3v) is 1.88. The van der Waals surface area contributed by atoms with Crippen molar-refractivity contribution in [2.24, 2.45) is 4.99 Å². The van der Waals surface area contributed by atoms with Crippen molar-refractivity contribution in [1.29, 1.82) is 0 Å². The number of para-hydroxylation sites is 1. The van der Waals surface area contributed by atoms with Gasteiger partial charge in [0.05, 0.1) is 19.3 Å². The zero-order valence-corrected chi connectivity index (χ0v) is 8.12. The van der Waals surface area contributed by atoms with Crippen LogP contribution in [0.25, 0.3) is 0 Å². The van der Waals surface area contributed by atoms with E-state index in [9.17, 15) is 0 Å². The second kappa shape index (κ2) is 4.25. The Hall–Kier alpha value is -1.06. The van der Waals surface area contributed by atoms with E-state index in [0.717, 1.165) is 12.2 Å². The number of halogens is 1. The lowest BCUT2D eigenvalue weighted by Gasteiger charge is -2.20. The molecule has 2 rings (SSSR count). The first-order chi connectivity index (χ1) is 5.90. The van der Waals surface area contributed by atoms with Crippen LogP contribution in [0.5, 0.6) is 0 Å². The molecule has 1 aromatic rings. The van der Waals surface area contributed by atoms with E-state index in [-0.39, 0.29) is 12.4 Å². The number of rotatable bonds is 1.